The summed E-state index contributed by atoms with van der Waals surface area (Å²) in [5.74, 6) is 0.700. The first-order valence-electron chi connectivity index (χ1n) is 9.11. The Morgan fingerprint density at radius 3 is 3.08 bits per heavy atom. The van der Waals surface area contributed by atoms with Crippen LogP contribution in [0.1, 0.15) is 24.8 Å². The maximum absolute atomic E-state index is 6.13. The van der Waals surface area contributed by atoms with Crippen LogP contribution in [0, 0.1) is 5.41 Å². The number of hydrogen-bond acceptors (Lipinski definition) is 5. The third kappa shape index (κ3) is 3.83. The number of nitrogens with zero attached hydrogens (tertiary/aromatic N) is 3. The minimum absolute atomic E-state index is 0.0518. The third-order valence-corrected chi connectivity index (χ3v) is 5.34. The van der Waals surface area contributed by atoms with E-state index < -0.39 is 0 Å². The predicted molar refractivity (Wildman–Crippen MR) is 95.3 cm³/mol. The van der Waals surface area contributed by atoms with Gasteiger partial charge in [-0.15, -0.1) is 0 Å². The van der Waals surface area contributed by atoms with E-state index in [1.165, 1.54) is 5.56 Å². The number of aromatic nitrogens is 2. The van der Waals surface area contributed by atoms with Gasteiger partial charge in [0.1, 0.15) is 0 Å². The lowest BCUT2D eigenvalue weighted by atomic mass is 9.73. The van der Waals surface area contributed by atoms with Crippen molar-refractivity contribution in [3.8, 4) is 5.88 Å². The molecule has 2 fully saturated rings. The van der Waals surface area contributed by atoms with Crippen molar-refractivity contribution in [3.05, 3.63) is 54.5 Å². The van der Waals surface area contributed by atoms with Crippen LogP contribution in [0.5, 0.6) is 5.88 Å². The van der Waals surface area contributed by atoms with Crippen molar-refractivity contribution in [1.29, 1.82) is 0 Å². The van der Waals surface area contributed by atoms with E-state index in [9.17, 15) is 0 Å². The molecular formula is C20H25N3O2. The van der Waals surface area contributed by atoms with Gasteiger partial charge in [-0.05, 0) is 37.0 Å². The molecule has 2 aromatic heterocycles. The fraction of sp³-hybridized carbons (Fsp3) is 0.500. The van der Waals surface area contributed by atoms with Crippen LogP contribution in [0.15, 0.2) is 48.9 Å². The molecule has 0 amide bonds. The fourth-order valence-electron chi connectivity index (χ4n) is 4.13. The van der Waals surface area contributed by atoms with Gasteiger partial charge < -0.3 is 9.47 Å². The van der Waals surface area contributed by atoms with Crippen molar-refractivity contribution in [2.45, 2.75) is 31.9 Å². The monoisotopic (exact) mass is 339 g/mol. The van der Waals surface area contributed by atoms with Crippen LogP contribution < -0.4 is 4.74 Å². The van der Waals surface area contributed by atoms with Crippen molar-refractivity contribution in [2.75, 3.05) is 26.3 Å². The van der Waals surface area contributed by atoms with Crippen molar-refractivity contribution < 1.29 is 9.47 Å². The van der Waals surface area contributed by atoms with Gasteiger partial charge in [0, 0.05) is 56.3 Å². The molecule has 4 heterocycles. The van der Waals surface area contributed by atoms with Gasteiger partial charge in [0.05, 0.1) is 12.7 Å². The second-order valence-electron chi connectivity index (χ2n) is 7.14. The molecule has 0 aromatic carbocycles. The van der Waals surface area contributed by atoms with Crippen LogP contribution in [0.2, 0.25) is 0 Å². The number of piperidine rings is 1. The number of hydrogen-bond donors (Lipinski definition) is 0. The van der Waals surface area contributed by atoms with E-state index in [2.05, 4.69) is 20.9 Å². The largest absolute Gasteiger partial charge is 0.477 e. The Morgan fingerprint density at radius 1 is 1.24 bits per heavy atom. The Kier molecular flexibility index (Phi) is 4.95. The van der Waals surface area contributed by atoms with Crippen molar-refractivity contribution in [2.24, 2.45) is 5.41 Å². The van der Waals surface area contributed by atoms with Crippen molar-refractivity contribution in [1.82, 2.24) is 14.9 Å². The van der Waals surface area contributed by atoms with Gasteiger partial charge in [0.2, 0.25) is 5.88 Å². The molecule has 2 saturated heterocycles. The standard InChI is InChI=1S/C20H25N3O2/c1-2-10-22-19(6-1)25-16-20-8-4-12-24-18(20)7-11-23(15-20)14-17-5-3-9-21-13-17/h1-3,5-6,9-10,13,18H,4,7-8,11-12,14-16H2/t18-,20+/m0/s1. The second-order valence-corrected chi connectivity index (χ2v) is 7.14. The van der Waals surface area contributed by atoms with Gasteiger partial charge in [0.25, 0.3) is 0 Å². The van der Waals surface area contributed by atoms with Gasteiger partial charge in [-0.1, -0.05) is 12.1 Å². The highest BCUT2D eigenvalue weighted by Gasteiger charge is 2.46. The number of rotatable bonds is 5. The zero-order chi connectivity index (χ0) is 17.0. The highest BCUT2D eigenvalue weighted by molar-refractivity contribution is 5.11. The van der Waals surface area contributed by atoms with Crippen LogP contribution in [-0.4, -0.2) is 47.3 Å². The van der Waals surface area contributed by atoms with E-state index in [4.69, 9.17) is 9.47 Å². The lowest BCUT2D eigenvalue weighted by Crippen LogP contribution is -2.57. The maximum Gasteiger partial charge on any atom is 0.213 e. The number of fused-ring (bicyclic) bond motifs is 1. The summed E-state index contributed by atoms with van der Waals surface area (Å²) >= 11 is 0. The summed E-state index contributed by atoms with van der Waals surface area (Å²) in [4.78, 5) is 11.1. The first-order valence-corrected chi connectivity index (χ1v) is 9.11. The van der Waals surface area contributed by atoms with Gasteiger partial charge in [0.15, 0.2) is 0 Å². The molecule has 2 atom stereocenters. The summed E-state index contributed by atoms with van der Waals surface area (Å²) in [7, 11) is 0. The molecule has 0 bridgehead atoms. The van der Waals surface area contributed by atoms with Crippen LogP contribution in [0.25, 0.3) is 0 Å². The molecule has 5 nitrogen and oxygen atoms in total. The maximum atomic E-state index is 6.13. The Balaban J connectivity index is 1.47. The van der Waals surface area contributed by atoms with Crippen LogP contribution in [-0.2, 0) is 11.3 Å². The summed E-state index contributed by atoms with van der Waals surface area (Å²) in [6.07, 6.45) is 9.16. The Bertz CT molecular complexity index is 667. The van der Waals surface area contributed by atoms with E-state index in [-0.39, 0.29) is 11.5 Å². The minimum Gasteiger partial charge on any atom is -0.477 e. The average Bonchev–Trinajstić information content (AvgIpc) is 2.68. The zero-order valence-corrected chi connectivity index (χ0v) is 14.5. The normalized spacial score (nSPS) is 26.8. The van der Waals surface area contributed by atoms with Gasteiger partial charge in [-0.2, -0.15) is 0 Å². The van der Waals surface area contributed by atoms with Gasteiger partial charge >= 0.3 is 0 Å². The number of ether oxygens (including phenoxy) is 2. The molecule has 4 rings (SSSR count). The van der Waals surface area contributed by atoms with Crippen LogP contribution in [0.3, 0.4) is 0 Å². The highest BCUT2D eigenvalue weighted by atomic mass is 16.5. The van der Waals surface area contributed by atoms with Crippen molar-refractivity contribution in [3.63, 3.8) is 0 Å². The Labute approximate surface area is 149 Å². The third-order valence-electron chi connectivity index (χ3n) is 5.34. The first-order chi connectivity index (χ1) is 12.3. The predicted octanol–water partition coefficient (Wildman–Crippen LogP) is 2.93. The topological polar surface area (TPSA) is 47.5 Å². The fourth-order valence-corrected chi connectivity index (χ4v) is 4.13. The highest BCUT2D eigenvalue weighted by Crippen LogP contribution is 2.40. The van der Waals surface area contributed by atoms with E-state index in [1.54, 1.807) is 6.20 Å². The molecule has 0 radical (unpaired) electrons. The lowest BCUT2D eigenvalue weighted by molar-refractivity contribution is -0.141. The molecular weight excluding hydrogens is 314 g/mol. The summed E-state index contributed by atoms with van der Waals surface area (Å²) in [6, 6.07) is 9.95. The quantitative estimate of drug-likeness (QED) is 0.838. The van der Waals surface area contributed by atoms with E-state index >= 15 is 0 Å². The molecule has 0 spiro atoms. The van der Waals surface area contributed by atoms with Gasteiger partial charge in [-0.25, -0.2) is 4.98 Å². The molecule has 25 heavy (non-hydrogen) atoms. The molecule has 0 unspecified atom stereocenters. The molecule has 2 aliphatic heterocycles. The molecule has 132 valence electrons. The van der Waals surface area contributed by atoms with Crippen LogP contribution in [0.4, 0.5) is 0 Å². The molecule has 0 saturated carbocycles. The van der Waals surface area contributed by atoms with Crippen molar-refractivity contribution >= 4 is 0 Å². The zero-order valence-electron chi connectivity index (χ0n) is 14.5. The van der Waals surface area contributed by atoms with E-state index in [1.807, 2.05) is 36.7 Å². The molecule has 2 aromatic rings. The first kappa shape index (κ1) is 16.5. The SMILES string of the molecule is c1ccc(OC[C@]23CCCO[C@H]2CCN(Cc2cccnc2)C3)nc1. The second kappa shape index (κ2) is 7.50. The Hall–Kier alpha value is -1.98. The number of pyridine rings is 2. The minimum atomic E-state index is 0.0518. The van der Waals surface area contributed by atoms with Gasteiger partial charge in [-0.3, -0.25) is 9.88 Å². The summed E-state index contributed by atoms with van der Waals surface area (Å²) < 4.78 is 12.2. The number of likely N-dealkylation sites (tertiary alicyclic amines) is 1. The average molecular weight is 339 g/mol. The molecule has 0 N–H and O–H groups in total. The molecule has 0 aliphatic carbocycles. The Morgan fingerprint density at radius 2 is 2.24 bits per heavy atom. The van der Waals surface area contributed by atoms with E-state index in [0.29, 0.717) is 12.5 Å². The summed E-state index contributed by atoms with van der Waals surface area (Å²) in [6.45, 7) is 4.53. The summed E-state index contributed by atoms with van der Waals surface area (Å²) in [5, 5.41) is 0. The molecule has 5 heteroatoms. The smallest absolute Gasteiger partial charge is 0.213 e. The molecule has 2 aliphatic rings. The summed E-state index contributed by atoms with van der Waals surface area (Å²) in [5.41, 5.74) is 1.31. The lowest BCUT2D eigenvalue weighted by Gasteiger charge is -2.50. The van der Waals surface area contributed by atoms with E-state index in [0.717, 1.165) is 45.5 Å². The van der Waals surface area contributed by atoms with Crippen LogP contribution >= 0.6 is 0 Å².